The van der Waals surface area contributed by atoms with Crippen LogP contribution in [0.2, 0.25) is 0 Å². The molecular formula is AlN6+. The molecule has 0 saturated carbocycles. The molecule has 1 heterocycles. The highest BCUT2D eigenvalue weighted by Gasteiger charge is 2.41. The molecule has 0 fully saturated rings. The Morgan fingerprint density at radius 2 is 2.43 bits per heavy atom. The van der Waals surface area contributed by atoms with E-state index in [9.17, 15) is 0 Å². The Morgan fingerprint density at radius 3 is 2.57 bits per heavy atom. The van der Waals surface area contributed by atoms with Crippen molar-refractivity contribution in [3.05, 3.63) is 10.4 Å². The van der Waals surface area contributed by atoms with Crippen molar-refractivity contribution in [2.75, 3.05) is 0 Å². The first kappa shape index (κ1) is 4.32. The molecule has 0 spiro atoms. The van der Waals surface area contributed by atoms with Crippen molar-refractivity contribution in [1.29, 1.82) is 0 Å². The largest absolute Gasteiger partial charge is 0.954 e. The van der Waals surface area contributed by atoms with Crippen LogP contribution in [-0.4, -0.2) is 14.8 Å². The van der Waals surface area contributed by atoms with Gasteiger partial charge >= 0.3 is 14.8 Å². The van der Waals surface area contributed by atoms with Crippen molar-refractivity contribution in [2.45, 2.75) is 0 Å². The Morgan fingerprint density at radius 1 is 1.71 bits per heavy atom. The molecule has 0 saturated heterocycles. The topological polar surface area (TPSA) is 87.6 Å². The molecule has 6 nitrogen and oxygen atoms in total. The van der Waals surface area contributed by atoms with E-state index in [0.717, 1.165) is 0 Å². The second-order valence-corrected chi connectivity index (χ2v) is 2.26. The molecule has 0 N–H and O–H groups in total. The standard InChI is InChI=1S/Al.2N3/c;2*1-3-2/q+3;2*-1. The van der Waals surface area contributed by atoms with Crippen LogP contribution in [0.1, 0.15) is 0 Å². The van der Waals surface area contributed by atoms with Crippen LogP contribution in [0.3, 0.4) is 0 Å². The van der Waals surface area contributed by atoms with Gasteiger partial charge in [-0.2, -0.15) is 0 Å². The van der Waals surface area contributed by atoms with Gasteiger partial charge in [0.05, 0.1) is 0 Å². The highest BCUT2D eigenvalue weighted by atomic mass is 27.2. The summed E-state index contributed by atoms with van der Waals surface area (Å²) in [7, 11) is 0. The van der Waals surface area contributed by atoms with Crippen LogP contribution in [0.15, 0.2) is 12.3 Å². The normalized spacial score (nSPS) is 12.9. The molecule has 1 aliphatic rings. The molecule has 0 bridgehead atoms. The van der Waals surface area contributed by atoms with Gasteiger partial charge in [0, 0.05) is 8.20 Å². The molecule has 0 radical (unpaired) electrons. The summed E-state index contributed by atoms with van der Waals surface area (Å²) in [6.45, 7) is 0. The van der Waals surface area contributed by atoms with Crippen LogP contribution in [0.5, 0.6) is 0 Å². The average molecular weight is 111 g/mol. The van der Waals surface area contributed by atoms with E-state index in [-0.39, 0.29) is 0 Å². The van der Waals surface area contributed by atoms with E-state index >= 15 is 0 Å². The minimum absolute atomic E-state index is 1.71. The SMILES string of the molecule is [N-]=[N+]=[N][Al]1[N]=[N+]=[N]1. The zero-order valence-electron chi connectivity index (χ0n) is 3.26. The van der Waals surface area contributed by atoms with E-state index in [1.165, 1.54) is 0 Å². The molecular weight excluding hydrogens is 111 g/mol. The van der Waals surface area contributed by atoms with Crippen LogP contribution in [0.4, 0.5) is 0 Å². The minimum Gasteiger partial charge on any atom is -0.104 e. The first-order chi connectivity index (χ1) is 3.43. The van der Waals surface area contributed by atoms with Crippen molar-refractivity contribution < 1.29 is 0 Å². The maximum absolute atomic E-state index is 7.73. The lowest BCUT2D eigenvalue weighted by Gasteiger charge is -1.67. The third kappa shape index (κ3) is 0.770. The smallest absolute Gasteiger partial charge is 0.104 e. The predicted molar refractivity (Wildman–Crippen MR) is 21.9 cm³/mol. The number of hydrogen-bond donors (Lipinski definition) is 0. The van der Waals surface area contributed by atoms with Gasteiger partial charge < -0.3 is 0 Å². The van der Waals surface area contributed by atoms with Gasteiger partial charge in [0.1, 0.15) is 0 Å². The van der Waals surface area contributed by atoms with Gasteiger partial charge in [-0.15, -0.1) is 4.10 Å². The van der Waals surface area contributed by atoms with E-state index < -0.39 is 14.8 Å². The van der Waals surface area contributed by atoms with Gasteiger partial charge in [-0.25, -0.2) is 0 Å². The molecule has 0 amide bonds. The fourth-order valence-corrected chi connectivity index (χ4v) is 0.571. The fraction of sp³-hybridized carbons (Fsp3) is 0. The van der Waals surface area contributed by atoms with Crippen LogP contribution < -0.4 is 4.91 Å². The number of nitrogens with zero attached hydrogens (tertiary/aromatic N) is 6. The zero-order chi connectivity index (χ0) is 5.11. The van der Waals surface area contributed by atoms with E-state index in [2.05, 4.69) is 22.1 Å². The Labute approximate surface area is 43.3 Å². The summed E-state index contributed by atoms with van der Waals surface area (Å²) in [5, 5.41) is 0. The minimum atomic E-state index is -1.71. The monoisotopic (exact) mass is 111 g/mol. The molecule has 0 aromatic carbocycles. The van der Waals surface area contributed by atoms with Gasteiger partial charge in [0.15, 0.2) is 4.91 Å². The summed E-state index contributed by atoms with van der Waals surface area (Å²) < 4.78 is 10.1. The van der Waals surface area contributed by atoms with Crippen molar-refractivity contribution >= 4 is 14.8 Å². The van der Waals surface area contributed by atoms with Crippen LogP contribution in [0, 0.1) is 0 Å². The summed E-state index contributed by atoms with van der Waals surface area (Å²) in [6.07, 6.45) is 0. The van der Waals surface area contributed by atoms with Crippen LogP contribution >= 0.6 is 0 Å². The summed E-state index contributed by atoms with van der Waals surface area (Å²) >= 11 is -1.71. The maximum Gasteiger partial charge on any atom is 0.954 e. The lowest BCUT2D eigenvalue weighted by atomic mass is 12.9. The second-order valence-electron chi connectivity index (χ2n) is 0.872. The van der Waals surface area contributed by atoms with Crippen molar-refractivity contribution in [2.24, 2.45) is 12.3 Å². The Bertz CT molecular complexity index is 159. The van der Waals surface area contributed by atoms with Gasteiger partial charge in [0.2, 0.25) is 0 Å². The lowest BCUT2D eigenvalue weighted by Crippen LogP contribution is -2.08. The molecule has 7 heavy (non-hydrogen) atoms. The van der Waals surface area contributed by atoms with Crippen LogP contribution in [-0.2, 0) is 0 Å². The molecule has 0 aromatic rings. The van der Waals surface area contributed by atoms with Gasteiger partial charge in [0.25, 0.3) is 0 Å². The average Bonchev–Trinajstić information content (AvgIpc) is 1.55. The summed E-state index contributed by atoms with van der Waals surface area (Å²) in [4.78, 5) is 5.66. The van der Waals surface area contributed by atoms with Gasteiger partial charge in [-0.05, 0) is 10.4 Å². The molecule has 0 atom stereocenters. The first-order valence-electron chi connectivity index (χ1n) is 1.57. The second kappa shape index (κ2) is 1.74. The molecule has 0 unspecified atom stereocenters. The molecule has 1 aliphatic heterocycles. The third-order valence-electron chi connectivity index (χ3n) is 0.465. The Kier molecular flexibility index (Phi) is 1.07. The number of hydrogen-bond acceptors (Lipinski definition) is 3. The predicted octanol–water partition coefficient (Wildman–Crippen LogP) is 0.267. The maximum atomic E-state index is 7.73. The zero-order valence-corrected chi connectivity index (χ0v) is 4.42. The highest BCUT2D eigenvalue weighted by Crippen LogP contribution is 1.91. The van der Waals surface area contributed by atoms with Crippen molar-refractivity contribution in [1.82, 2.24) is 4.91 Å². The number of azide groups is 1. The first-order valence-corrected chi connectivity index (χ1v) is 3.12. The van der Waals surface area contributed by atoms with E-state index in [1.54, 1.807) is 0 Å². The summed E-state index contributed by atoms with van der Waals surface area (Å²) in [6, 6.07) is 0. The van der Waals surface area contributed by atoms with Gasteiger partial charge in [-0.3, -0.25) is 0 Å². The van der Waals surface area contributed by atoms with Gasteiger partial charge in [-0.1, -0.05) is 0 Å². The van der Waals surface area contributed by atoms with Crippen LogP contribution in [0.25, 0.3) is 10.4 Å². The molecule has 32 valence electrons. The molecule has 1 rings (SSSR count). The van der Waals surface area contributed by atoms with E-state index in [4.69, 9.17) is 5.53 Å². The van der Waals surface area contributed by atoms with Crippen molar-refractivity contribution in [3.63, 3.8) is 0 Å². The van der Waals surface area contributed by atoms with E-state index in [1.807, 2.05) is 0 Å². The fourth-order valence-electron chi connectivity index (χ4n) is 0.190. The third-order valence-corrected chi connectivity index (χ3v) is 1.39. The molecule has 0 aliphatic carbocycles. The quantitative estimate of drug-likeness (QED) is 0.201. The summed E-state index contributed by atoms with van der Waals surface area (Å²) in [5.74, 6) is 0. The van der Waals surface area contributed by atoms with E-state index in [0.29, 0.717) is 0 Å². The number of rotatable bonds is 1. The molecule has 0 aromatic heterocycles. The van der Waals surface area contributed by atoms with Crippen molar-refractivity contribution in [3.8, 4) is 0 Å². The summed E-state index contributed by atoms with van der Waals surface area (Å²) in [5.41, 5.74) is 7.73. The molecule has 7 heteroatoms. The Balaban J connectivity index is 2.51. The Hall–Kier alpha value is -0.848. The highest BCUT2D eigenvalue weighted by molar-refractivity contribution is 6.53. The lowest BCUT2D eigenvalue weighted by molar-refractivity contribution is 1.02.